The maximum Gasteiger partial charge on any atom is 0.219 e. The van der Waals surface area contributed by atoms with Crippen LogP contribution in [0.15, 0.2) is 60.8 Å². The Bertz CT molecular complexity index is 720. The summed E-state index contributed by atoms with van der Waals surface area (Å²) in [5, 5.41) is 2.34. The van der Waals surface area contributed by atoms with E-state index in [2.05, 4.69) is 17.1 Å². The fraction of sp³-hybridized carbons (Fsp3) is 0.118. The number of hydrogen-bond donors (Lipinski definition) is 1. The van der Waals surface area contributed by atoms with Gasteiger partial charge in [0.25, 0.3) is 0 Å². The van der Waals surface area contributed by atoms with Crippen LogP contribution in [0.1, 0.15) is 18.5 Å². The third-order valence-corrected chi connectivity index (χ3v) is 3.23. The van der Waals surface area contributed by atoms with Crippen molar-refractivity contribution in [3.8, 4) is 11.6 Å². The summed E-state index contributed by atoms with van der Waals surface area (Å²) >= 11 is 0. The quantitative estimate of drug-likeness (QED) is 0.776. The molecule has 1 unspecified atom stereocenters. The van der Waals surface area contributed by atoms with E-state index in [4.69, 9.17) is 10.5 Å². The summed E-state index contributed by atoms with van der Waals surface area (Å²) in [6.07, 6.45) is 1.75. The first-order valence-electron chi connectivity index (χ1n) is 6.60. The minimum absolute atomic E-state index is 0.0165. The maximum absolute atomic E-state index is 5.80. The molecule has 0 amide bonds. The number of fused-ring (bicyclic) bond motifs is 1. The Balaban J connectivity index is 1.85. The molecule has 3 nitrogen and oxygen atoms in total. The number of nitrogens with zero attached hydrogens (tertiary/aromatic N) is 1. The van der Waals surface area contributed by atoms with Gasteiger partial charge in [-0.25, -0.2) is 4.98 Å². The molecule has 1 atom stereocenters. The molecule has 3 aromatic rings. The smallest absolute Gasteiger partial charge is 0.219 e. The van der Waals surface area contributed by atoms with Crippen LogP contribution in [-0.4, -0.2) is 4.98 Å². The van der Waals surface area contributed by atoms with Crippen LogP contribution in [0.3, 0.4) is 0 Å². The Morgan fingerprint density at radius 1 is 1.00 bits per heavy atom. The molecule has 0 radical (unpaired) electrons. The summed E-state index contributed by atoms with van der Waals surface area (Å²) in [5.41, 5.74) is 6.79. The van der Waals surface area contributed by atoms with Gasteiger partial charge in [0, 0.05) is 18.3 Å². The van der Waals surface area contributed by atoms with E-state index in [0.29, 0.717) is 5.88 Å². The molecule has 3 heteroatoms. The predicted octanol–water partition coefficient (Wildman–Crippen LogP) is 4.05. The number of pyridine rings is 1. The second kappa shape index (κ2) is 5.31. The van der Waals surface area contributed by atoms with Crippen LogP contribution in [0.4, 0.5) is 0 Å². The van der Waals surface area contributed by atoms with E-state index in [1.54, 1.807) is 6.20 Å². The molecule has 0 aliphatic carbocycles. The van der Waals surface area contributed by atoms with Gasteiger partial charge in [-0.2, -0.15) is 0 Å². The highest BCUT2D eigenvalue weighted by molar-refractivity contribution is 5.83. The summed E-state index contributed by atoms with van der Waals surface area (Å²) in [6.45, 7) is 1.93. The summed E-state index contributed by atoms with van der Waals surface area (Å²) < 4.78 is 5.77. The van der Waals surface area contributed by atoms with E-state index in [1.807, 2.05) is 49.4 Å². The molecule has 100 valence electrons. The number of rotatable bonds is 3. The van der Waals surface area contributed by atoms with Gasteiger partial charge in [0.2, 0.25) is 5.88 Å². The van der Waals surface area contributed by atoms with Gasteiger partial charge >= 0.3 is 0 Å². The second-order valence-electron chi connectivity index (χ2n) is 4.83. The fourth-order valence-electron chi connectivity index (χ4n) is 2.07. The third-order valence-electron chi connectivity index (χ3n) is 3.23. The van der Waals surface area contributed by atoms with Gasteiger partial charge in [-0.05, 0) is 35.4 Å². The number of hydrogen-bond acceptors (Lipinski definition) is 3. The highest BCUT2D eigenvalue weighted by atomic mass is 16.5. The summed E-state index contributed by atoms with van der Waals surface area (Å²) in [4.78, 5) is 4.27. The molecule has 0 aliphatic heterocycles. The monoisotopic (exact) mass is 264 g/mol. The van der Waals surface area contributed by atoms with Crippen molar-refractivity contribution in [2.45, 2.75) is 13.0 Å². The van der Waals surface area contributed by atoms with Crippen LogP contribution in [-0.2, 0) is 0 Å². The summed E-state index contributed by atoms with van der Waals surface area (Å²) in [7, 11) is 0. The molecule has 1 heterocycles. The molecule has 3 rings (SSSR count). The van der Waals surface area contributed by atoms with Crippen molar-refractivity contribution in [1.82, 2.24) is 4.98 Å². The highest BCUT2D eigenvalue weighted by Crippen LogP contribution is 2.24. The lowest BCUT2D eigenvalue weighted by atomic mass is 10.1. The average molecular weight is 264 g/mol. The summed E-state index contributed by atoms with van der Waals surface area (Å²) in [5.74, 6) is 1.36. The Kier molecular flexibility index (Phi) is 3.35. The van der Waals surface area contributed by atoms with Gasteiger partial charge in [-0.1, -0.05) is 36.4 Å². The van der Waals surface area contributed by atoms with Crippen molar-refractivity contribution in [3.63, 3.8) is 0 Å². The number of nitrogens with two attached hydrogens (primary N) is 1. The first-order chi connectivity index (χ1) is 9.72. The fourth-order valence-corrected chi connectivity index (χ4v) is 2.07. The van der Waals surface area contributed by atoms with Crippen LogP contribution in [0.25, 0.3) is 10.8 Å². The van der Waals surface area contributed by atoms with Crippen LogP contribution >= 0.6 is 0 Å². The molecule has 2 N–H and O–H groups in total. The molecule has 0 saturated carbocycles. The minimum Gasteiger partial charge on any atom is -0.439 e. The molecule has 0 bridgehead atoms. The summed E-state index contributed by atoms with van der Waals surface area (Å²) in [6, 6.07) is 17.9. The maximum atomic E-state index is 5.80. The van der Waals surface area contributed by atoms with E-state index in [-0.39, 0.29) is 6.04 Å². The zero-order chi connectivity index (χ0) is 13.9. The van der Waals surface area contributed by atoms with Gasteiger partial charge < -0.3 is 10.5 Å². The van der Waals surface area contributed by atoms with Crippen molar-refractivity contribution in [1.29, 1.82) is 0 Å². The molecule has 0 aliphatic rings. The Morgan fingerprint density at radius 2 is 1.80 bits per heavy atom. The van der Waals surface area contributed by atoms with Gasteiger partial charge in [-0.15, -0.1) is 0 Å². The lowest BCUT2D eigenvalue weighted by molar-refractivity contribution is 0.463. The second-order valence-corrected chi connectivity index (χ2v) is 4.83. The van der Waals surface area contributed by atoms with E-state index in [1.165, 1.54) is 5.39 Å². The zero-order valence-electron chi connectivity index (χ0n) is 11.3. The lowest BCUT2D eigenvalue weighted by Crippen LogP contribution is -2.05. The van der Waals surface area contributed by atoms with Gasteiger partial charge in [-0.3, -0.25) is 0 Å². The first-order valence-corrected chi connectivity index (χ1v) is 6.60. The minimum atomic E-state index is -0.0165. The molecule has 1 aromatic heterocycles. The van der Waals surface area contributed by atoms with Gasteiger partial charge in [0.05, 0.1) is 0 Å². The molecule has 20 heavy (non-hydrogen) atoms. The van der Waals surface area contributed by atoms with E-state index >= 15 is 0 Å². The standard InChI is InChI=1S/C17H16N2O/c1-12(18)15-7-9-17(19-11-15)20-16-8-6-13-4-2-3-5-14(13)10-16/h2-12H,18H2,1H3. The van der Waals surface area contributed by atoms with Crippen LogP contribution in [0, 0.1) is 0 Å². The molecule has 0 saturated heterocycles. The van der Waals surface area contributed by atoms with Crippen LogP contribution in [0.2, 0.25) is 0 Å². The normalized spacial score (nSPS) is 12.3. The third kappa shape index (κ3) is 2.63. The number of benzene rings is 2. The number of ether oxygens (including phenoxy) is 1. The van der Waals surface area contributed by atoms with Crippen molar-refractivity contribution in [2.24, 2.45) is 5.73 Å². The molecule has 0 spiro atoms. The highest BCUT2D eigenvalue weighted by Gasteiger charge is 2.03. The van der Waals surface area contributed by atoms with Crippen LogP contribution in [0.5, 0.6) is 11.6 Å². The topological polar surface area (TPSA) is 48.1 Å². The van der Waals surface area contributed by atoms with Gasteiger partial charge in [0.1, 0.15) is 5.75 Å². The zero-order valence-corrected chi connectivity index (χ0v) is 11.3. The largest absolute Gasteiger partial charge is 0.439 e. The molecular weight excluding hydrogens is 248 g/mol. The average Bonchev–Trinajstić information content (AvgIpc) is 2.48. The van der Waals surface area contributed by atoms with Gasteiger partial charge in [0.15, 0.2) is 0 Å². The Labute approximate surface area is 118 Å². The van der Waals surface area contributed by atoms with Crippen molar-refractivity contribution >= 4 is 10.8 Å². The van der Waals surface area contributed by atoms with Crippen molar-refractivity contribution < 1.29 is 4.74 Å². The van der Waals surface area contributed by atoms with E-state index in [0.717, 1.165) is 16.7 Å². The lowest BCUT2D eigenvalue weighted by Gasteiger charge is -2.08. The molecule has 0 fully saturated rings. The Hall–Kier alpha value is -2.39. The van der Waals surface area contributed by atoms with E-state index in [9.17, 15) is 0 Å². The van der Waals surface area contributed by atoms with E-state index < -0.39 is 0 Å². The SMILES string of the molecule is CC(N)c1ccc(Oc2ccc3ccccc3c2)nc1. The predicted molar refractivity (Wildman–Crippen MR) is 80.9 cm³/mol. The van der Waals surface area contributed by atoms with Crippen LogP contribution < -0.4 is 10.5 Å². The first kappa shape index (κ1) is 12.6. The Morgan fingerprint density at radius 3 is 2.50 bits per heavy atom. The number of aromatic nitrogens is 1. The van der Waals surface area contributed by atoms with Crippen molar-refractivity contribution in [2.75, 3.05) is 0 Å². The van der Waals surface area contributed by atoms with Crippen molar-refractivity contribution in [3.05, 3.63) is 66.4 Å². The molecular formula is C17H16N2O. The molecule has 2 aromatic carbocycles.